The molecular weight excluding hydrogens is 286 g/mol. The average molecular weight is 303 g/mol. The Morgan fingerprint density at radius 1 is 1.23 bits per heavy atom. The van der Waals surface area contributed by atoms with Crippen molar-refractivity contribution >= 4 is 11.8 Å². The second-order valence-corrected chi connectivity index (χ2v) is 4.55. The summed E-state index contributed by atoms with van der Waals surface area (Å²) in [7, 11) is 0. The normalized spacial score (nSPS) is 10.3. The minimum Gasteiger partial charge on any atom is -0.486 e. The molecule has 7 heteroatoms. The van der Waals surface area contributed by atoms with Crippen molar-refractivity contribution in [1.82, 2.24) is 15.2 Å². The molecule has 0 aliphatic rings. The number of nitrogens with one attached hydrogen (secondary N) is 1. The number of ether oxygens (including phenoxy) is 2. The number of esters is 1. The molecule has 0 aliphatic carbocycles. The highest BCUT2D eigenvalue weighted by atomic mass is 16.5. The summed E-state index contributed by atoms with van der Waals surface area (Å²) in [5.74, 6) is 1.13. The lowest BCUT2D eigenvalue weighted by Gasteiger charge is -2.04. The molecule has 1 heterocycles. The molecule has 0 unspecified atom stereocenters. The molecule has 7 nitrogen and oxygen atoms in total. The highest BCUT2D eigenvalue weighted by molar-refractivity contribution is 5.94. The Labute approximate surface area is 127 Å². The molecule has 1 aromatic heterocycles. The van der Waals surface area contributed by atoms with E-state index in [-0.39, 0.29) is 24.8 Å². The summed E-state index contributed by atoms with van der Waals surface area (Å²) in [6.07, 6.45) is 0.0254. The number of aromatic nitrogens is 3. The molecule has 0 aliphatic heterocycles. The van der Waals surface area contributed by atoms with Gasteiger partial charge in [0.05, 0.1) is 6.61 Å². The smallest absolute Gasteiger partial charge is 0.313 e. The average Bonchev–Trinajstić information content (AvgIpc) is 2.93. The van der Waals surface area contributed by atoms with E-state index in [1.54, 1.807) is 31.2 Å². The number of Topliss-reactive ketones (excluding diaryl/α,β-unsaturated/α-hetero) is 1. The number of hydrogen-bond acceptors (Lipinski definition) is 6. The van der Waals surface area contributed by atoms with Crippen molar-refractivity contribution in [3.8, 4) is 5.75 Å². The van der Waals surface area contributed by atoms with Crippen LogP contribution in [0.2, 0.25) is 0 Å². The molecule has 116 valence electrons. The van der Waals surface area contributed by atoms with Gasteiger partial charge in [-0.15, -0.1) is 0 Å². The van der Waals surface area contributed by atoms with Crippen LogP contribution in [-0.4, -0.2) is 33.5 Å². The molecule has 22 heavy (non-hydrogen) atoms. The van der Waals surface area contributed by atoms with E-state index >= 15 is 0 Å². The van der Waals surface area contributed by atoms with Crippen molar-refractivity contribution in [3.63, 3.8) is 0 Å². The van der Waals surface area contributed by atoms with E-state index in [2.05, 4.69) is 15.2 Å². The zero-order chi connectivity index (χ0) is 15.9. The number of rotatable bonds is 7. The largest absolute Gasteiger partial charge is 0.486 e. The maximum absolute atomic E-state index is 11.3. The van der Waals surface area contributed by atoms with E-state index in [9.17, 15) is 9.59 Å². The van der Waals surface area contributed by atoms with Crippen molar-refractivity contribution in [2.45, 2.75) is 26.9 Å². The molecule has 0 radical (unpaired) electrons. The molecule has 0 saturated heterocycles. The fourth-order valence-electron chi connectivity index (χ4n) is 1.76. The topological polar surface area (TPSA) is 94.2 Å². The number of aromatic amines is 1. The van der Waals surface area contributed by atoms with Crippen molar-refractivity contribution in [2.75, 3.05) is 6.61 Å². The third kappa shape index (κ3) is 4.41. The SMILES string of the molecule is CCOC(=O)Cc1n[nH]c(COc2ccc(C(C)=O)cc2)n1. The zero-order valence-corrected chi connectivity index (χ0v) is 12.5. The maximum atomic E-state index is 11.3. The van der Waals surface area contributed by atoms with Crippen molar-refractivity contribution in [2.24, 2.45) is 0 Å². The van der Waals surface area contributed by atoms with Gasteiger partial charge in [-0.25, -0.2) is 4.98 Å². The summed E-state index contributed by atoms with van der Waals surface area (Å²) in [6, 6.07) is 6.83. The Kier molecular flexibility index (Phi) is 5.24. The zero-order valence-electron chi connectivity index (χ0n) is 12.5. The van der Waals surface area contributed by atoms with E-state index in [1.165, 1.54) is 6.92 Å². The van der Waals surface area contributed by atoms with Gasteiger partial charge in [0.1, 0.15) is 18.8 Å². The fraction of sp³-hybridized carbons (Fsp3) is 0.333. The van der Waals surface area contributed by atoms with Gasteiger partial charge in [0.15, 0.2) is 17.4 Å². The first-order chi connectivity index (χ1) is 10.6. The van der Waals surface area contributed by atoms with E-state index in [1.807, 2.05) is 0 Å². The van der Waals surface area contributed by atoms with Crippen LogP contribution in [-0.2, 0) is 22.6 Å². The number of nitrogens with zero attached hydrogens (tertiary/aromatic N) is 2. The second-order valence-electron chi connectivity index (χ2n) is 4.55. The summed E-state index contributed by atoms with van der Waals surface area (Å²) in [6.45, 7) is 3.77. The van der Waals surface area contributed by atoms with Crippen molar-refractivity contribution < 1.29 is 19.1 Å². The van der Waals surface area contributed by atoms with Gasteiger partial charge in [-0.2, -0.15) is 5.10 Å². The molecule has 1 aromatic carbocycles. The van der Waals surface area contributed by atoms with Crippen LogP contribution >= 0.6 is 0 Å². The van der Waals surface area contributed by atoms with E-state index < -0.39 is 0 Å². The lowest BCUT2D eigenvalue weighted by molar-refractivity contribution is -0.142. The summed E-state index contributed by atoms with van der Waals surface area (Å²) in [4.78, 5) is 26.6. The monoisotopic (exact) mass is 303 g/mol. The summed E-state index contributed by atoms with van der Waals surface area (Å²) < 4.78 is 10.4. The Morgan fingerprint density at radius 3 is 2.59 bits per heavy atom. The first kappa shape index (κ1) is 15.7. The fourth-order valence-corrected chi connectivity index (χ4v) is 1.76. The third-order valence-corrected chi connectivity index (χ3v) is 2.82. The number of carbonyl (C=O) groups is 2. The van der Waals surface area contributed by atoms with E-state index in [0.717, 1.165) is 0 Å². The number of benzene rings is 1. The van der Waals surface area contributed by atoms with Crippen molar-refractivity contribution in [3.05, 3.63) is 41.5 Å². The molecule has 0 amide bonds. The van der Waals surface area contributed by atoms with Crippen LogP contribution in [0.15, 0.2) is 24.3 Å². The third-order valence-electron chi connectivity index (χ3n) is 2.82. The number of hydrogen-bond donors (Lipinski definition) is 1. The first-order valence-electron chi connectivity index (χ1n) is 6.88. The summed E-state index contributed by atoms with van der Waals surface area (Å²) in [5.41, 5.74) is 0.628. The van der Waals surface area contributed by atoms with Crippen LogP contribution in [0.5, 0.6) is 5.75 Å². The standard InChI is InChI=1S/C15H17N3O4/c1-3-21-15(20)8-13-16-14(18-17-13)9-22-12-6-4-11(5-7-12)10(2)19/h4-7H,3,8-9H2,1-2H3,(H,16,17,18). The minimum absolute atomic E-state index is 0.00499. The second kappa shape index (κ2) is 7.35. The van der Waals surface area contributed by atoms with E-state index in [4.69, 9.17) is 9.47 Å². The quantitative estimate of drug-likeness (QED) is 0.618. The molecule has 1 N–H and O–H groups in total. The summed E-state index contributed by atoms with van der Waals surface area (Å²) in [5, 5.41) is 6.63. The number of ketones is 1. The van der Waals surface area contributed by atoms with Gasteiger partial charge in [0, 0.05) is 5.56 Å². The van der Waals surface area contributed by atoms with Crippen LogP contribution in [0.4, 0.5) is 0 Å². The Morgan fingerprint density at radius 2 is 1.95 bits per heavy atom. The van der Waals surface area contributed by atoms with Crippen LogP contribution in [0.3, 0.4) is 0 Å². The highest BCUT2D eigenvalue weighted by Gasteiger charge is 2.10. The van der Waals surface area contributed by atoms with Crippen LogP contribution < -0.4 is 4.74 Å². The highest BCUT2D eigenvalue weighted by Crippen LogP contribution is 2.13. The van der Waals surface area contributed by atoms with Gasteiger partial charge >= 0.3 is 5.97 Å². The minimum atomic E-state index is -0.367. The van der Waals surface area contributed by atoms with E-state index in [0.29, 0.717) is 29.6 Å². The predicted molar refractivity (Wildman–Crippen MR) is 77.5 cm³/mol. The van der Waals surface area contributed by atoms with Crippen molar-refractivity contribution in [1.29, 1.82) is 0 Å². The maximum Gasteiger partial charge on any atom is 0.313 e. The first-order valence-corrected chi connectivity index (χ1v) is 6.88. The van der Waals surface area contributed by atoms with Gasteiger partial charge in [-0.05, 0) is 38.1 Å². The number of carbonyl (C=O) groups excluding carboxylic acids is 2. The van der Waals surface area contributed by atoms with Gasteiger partial charge in [-0.3, -0.25) is 14.7 Å². The molecule has 0 saturated carbocycles. The number of H-pyrrole nitrogens is 1. The molecular formula is C15H17N3O4. The van der Waals surface area contributed by atoms with Gasteiger partial charge < -0.3 is 9.47 Å². The van der Waals surface area contributed by atoms with Gasteiger partial charge in [0.25, 0.3) is 0 Å². The van der Waals surface area contributed by atoms with Crippen LogP contribution in [0, 0.1) is 0 Å². The van der Waals surface area contributed by atoms with Gasteiger partial charge in [-0.1, -0.05) is 0 Å². The molecule has 2 rings (SSSR count). The Hall–Kier alpha value is -2.70. The Bertz CT molecular complexity index is 649. The van der Waals surface area contributed by atoms with Gasteiger partial charge in [0.2, 0.25) is 0 Å². The Balaban J connectivity index is 1.88. The predicted octanol–water partition coefficient (Wildman–Crippen LogP) is 1.69. The van der Waals surface area contributed by atoms with Crippen LogP contribution in [0.25, 0.3) is 0 Å². The van der Waals surface area contributed by atoms with Crippen LogP contribution in [0.1, 0.15) is 35.9 Å². The molecule has 2 aromatic rings. The molecule has 0 atom stereocenters. The lowest BCUT2D eigenvalue weighted by atomic mass is 10.1. The summed E-state index contributed by atoms with van der Waals surface area (Å²) >= 11 is 0. The molecule has 0 bridgehead atoms. The molecule has 0 fully saturated rings. The lowest BCUT2D eigenvalue weighted by Crippen LogP contribution is -2.08. The molecule has 0 spiro atoms.